The molecule has 8 nitrogen and oxygen atoms in total. The summed E-state index contributed by atoms with van der Waals surface area (Å²) in [4.78, 5) is 19.9. The van der Waals surface area contributed by atoms with Crippen molar-refractivity contribution in [1.82, 2.24) is 15.0 Å². The van der Waals surface area contributed by atoms with Crippen molar-refractivity contribution in [3.05, 3.63) is 35.8 Å². The highest BCUT2D eigenvalue weighted by atomic mass is 16.3. The van der Waals surface area contributed by atoms with Gasteiger partial charge >= 0.3 is 0 Å². The Bertz CT molecular complexity index is 812. The Hall–Kier alpha value is -2.45. The molecule has 0 radical (unpaired) electrons. The molecule has 4 heterocycles. The topological polar surface area (TPSA) is 94.6 Å². The van der Waals surface area contributed by atoms with Crippen molar-refractivity contribution in [2.45, 2.75) is 31.5 Å². The van der Waals surface area contributed by atoms with Crippen LogP contribution in [-0.2, 0) is 13.0 Å². The summed E-state index contributed by atoms with van der Waals surface area (Å²) in [5.74, 6) is 2.74. The average Bonchev–Trinajstić information content (AvgIpc) is 3.08. The maximum atomic E-state index is 10.0. The van der Waals surface area contributed by atoms with E-state index in [4.69, 9.17) is 5.73 Å². The van der Waals surface area contributed by atoms with Gasteiger partial charge in [-0.05, 0) is 24.5 Å². The molecular formula is C19H27N7O. The van der Waals surface area contributed by atoms with Crippen molar-refractivity contribution < 1.29 is 5.11 Å². The maximum absolute atomic E-state index is 10.0. The minimum atomic E-state index is -0.354. The molecule has 2 aliphatic heterocycles. The van der Waals surface area contributed by atoms with E-state index in [1.54, 1.807) is 6.33 Å². The molecule has 2 atom stereocenters. The summed E-state index contributed by atoms with van der Waals surface area (Å²) >= 11 is 0. The third kappa shape index (κ3) is 3.42. The number of nitrogens with zero attached hydrogens (tertiary/aromatic N) is 6. The first-order chi connectivity index (χ1) is 13.1. The fraction of sp³-hybridized carbons (Fsp3) is 0.526. The Labute approximate surface area is 159 Å². The van der Waals surface area contributed by atoms with Gasteiger partial charge in [-0.15, -0.1) is 0 Å². The highest BCUT2D eigenvalue weighted by molar-refractivity contribution is 5.57. The summed E-state index contributed by atoms with van der Waals surface area (Å²) in [6.07, 6.45) is 4.79. The van der Waals surface area contributed by atoms with Crippen LogP contribution in [0.4, 0.5) is 17.5 Å². The summed E-state index contributed by atoms with van der Waals surface area (Å²) in [6, 6.07) is 4.24. The first-order valence-corrected chi connectivity index (χ1v) is 9.42. The Morgan fingerprint density at radius 2 is 2.07 bits per heavy atom. The molecule has 0 bridgehead atoms. The molecule has 0 spiro atoms. The van der Waals surface area contributed by atoms with E-state index in [9.17, 15) is 5.11 Å². The van der Waals surface area contributed by atoms with E-state index >= 15 is 0 Å². The molecule has 2 aliphatic rings. The largest absolute Gasteiger partial charge is 0.391 e. The fourth-order valence-corrected chi connectivity index (χ4v) is 4.10. The van der Waals surface area contributed by atoms with Crippen molar-refractivity contribution in [1.29, 1.82) is 0 Å². The van der Waals surface area contributed by atoms with Crippen molar-refractivity contribution in [3.63, 3.8) is 0 Å². The van der Waals surface area contributed by atoms with E-state index in [0.29, 0.717) is 19.5 Å². The van der Waals surface area contributed by atoms with Gasteiger partial charge in [-0.25, -0.2) is 15.0 Å². The van der Waals surface area contributed by atoms with Crippen LogP contribution in [-0.4, -0.2) is 65.9 Å². The van der Waals surface area contributed by atoms with E-state index < -0.39 is 0 Å². The number of anilines is 3. The van der Waals surface area contributed by atoms with E-state index in [0.717, 1.165) is 37.0 Å². The molecule has 2 aromatic rings. The Morgan fingerprint density at radius 3 is 2.85 bits per heavy atom. The van der Waals surface area contributed by atoms with Crippen LogP contribution in [0.1, 0.15) is 17.5 Å². The lowest BCUT2D eigenvalue weighted by Gasteiger charge is -2.32. The molecule has 2 aromatic heterocycles. The number of aliphatic hydroxyl groups is 1. The number of β-amino-alcohol motifs (C(OH)–C–C–N with tert-alkyl or cyclic N) is 1. The average molecular weight is 369 g/mol. The van der Waals surface area contributed by atoms with Crippen LogP contribution in [0, 0.1) is 0 Å². The van der Waals surface area contributed by atoms with Crippen LogP contribution in [0.2, 0.25) is 0 Å². The van der Waals surface area contributed by atoms with Gasteiger partial charge < -0.3 is 25.5 Å². The molecule has 3 N–H and O–H groups in total. The van der Waals surface area contributed by atoms with Crippen LogP contribution in [0.5, 0.6) is 0 Å². The van der Waals surface area contributed by atoms with Crippen LogP contribution in [0.15, 0.2) is 24.7 Å². The number of nitrogens with two attached hydrogens (primary N) is 1. The molecule has 1 fully saturated rings. The van der Waals surface area contributed by atoms with Crippen LogP contribution in [0.25, 0.3) is 0 Å². The zero-order valence-electron chi connectivity index (χ0n) is 15.9. The minimum absolute atomic E-state index is 0.120. The lowest BCUT2D eigenvalue weighted by atomic mass is 10.0. The summed E-state index contributed by atoms with van der Waals surface area (Å²) < 4.78 is 0. The summed E-state index contributed by atoms with van der Waals surface area (Å²) in [7, 11) is 4.05. The number of aromatic nitrogens is 3. The van der Waals surface area contributed by atoms with Gasteiger partial charge in [-0.2, -0.15) is 0 Å². The van der Waals surface area contributed by atoms with Gasteiger partial charge in [0.05, 0.1) is 6.10 Å². The van der Waals surface area contributed by atoms with Gasteiger partial charge in [0.15, 0.2) is 0 Å². The number of hydrogen-bond donors (Lipinski definition) is 2. The van der Waals surface area contributed by atoms with Crippen molar-refractivity contribution >= 4 is 17.5 Å². The molecule has 4 rings (SSSR count). The van der Waals surface area contributed by atoms with Gasteiger partial charge in [0.2, 0.25) is 0 Å². The summed E-state index contributed by atoms with van der Waals surface area (Å²) in [5, 5.41) is 10.0. The third-order valence-electron chi connectivity index (χ3n) is 5.47. The SMILES string of the molecule is CN(C)c1nccc2c1CN(c1cc(N3C[C@H](O)C[C@@H]3CN)ncn1)CC2. The van der Waals surface area contributed by atoms with Gasteiger partial charge in [-0.3, -0.25) is 0 Å². The first kappa shape index (κ1) is 17.9. The quantitative estimate of drug-likeness (QED) is 0.800. The lowest BCUT2D eigenvalue weighted by molar-refractivity contribution is 0.194. The van der Waals surface area contributed by atoms with E-state index in [2.05, 4.69) is 35.7 Å². The molecule has 8 heteroatoms. The van der Waals surface area contributed by atoms with Gasteiger partial charge in [0.25, 0.3) is 0 Å². The maximum Gasteiger partial charge on any atom is 0.134 e. The molecule has 144 valence electrons. The molecule has 27 heavy (non-hydrogen) atoms. The van der Waals surface area contributed by atoms with Gasteiger partial charge in [0, 0.05) is 64.1 Å². The fourth-order valence-electron chi connectivity index (χ4n) is 4.10. The van der Waals surface area contributed by atoms with Crippen molar-refractivity contribution in [3.8, 4) is 0 Å². The predicted octanol–water partition coefficient (Wildman–Crippen LogP) is 0.399. The Kier molecular flexibility index (Phi) is 4.84. The molecule has 1 saturated heterocycles. The smallest absolute Gasteiger partial charge is 0.134 e. The van der Waals surface area contributed by atoms with Gasteiger partial charge in [-0.1, -0.05) is 0 Å². The van der Waals surface area contributed by atoms with Crippen LogP contribution in [0.3, 0.4) is 0 Å². The monoisotopic (exact) mass is 369 g/mol. The second-order valence-corrected chi connectivity index (χ2v) is 7.50. The lowest BCUT2D eigenvalue weighted by Crippen LogP contribution is -2.37. The Morgan fingerprint density at radius 1 is 1.26 bits per heavy atom. The van der Waals surface area contributed by atoms with E-state index in [1.807, 2.05) is 26.4 Å². The molecule has 0 amide bonds. The summed E-state index contributed by atoms with van der Waals surface area (Å²) in [5.41, 5.74) is 8.49. The molecule has 0 saturated carbocycles. The number of aliphatic hydroxyl groups excluding tert-OH is 1. The minimum Gasteiger partial charge on any atom is -0.391 e. The highest BCUT2D eigenvalue weighted by Crippen LogP contribution is 2.30. The number of fused-ring (bicyclic) bond motifs is 1. The molecule has 0 unspecified atom stereocenters. The highest BCUT2D eigenvalue weighted by Gasteiger charge is 2.31. The second-order valence-electron chi connectivity index (χ2n) is 7.50. The number of rotatable bonds is 4. The molecular weight excluding hydrogens is 342 g/mol. The van der Waals surface area contributed by atoms with Crippen molar-refractivity contribution in [2.24, 2.45) is 5.73 Å². The first-order valence-electron chi connectivity index (χ1n) is 9.42. The number of hydrogen-bond acceptors (Lipinski definition) is 8. The molecule has 0 aliphatic carbocycles. The zero-order valence-corrected chi connectivity index (χ0v) is 15.9. The van der Waals surface area contributed by atoms with Gasteiger partial charge in [0.1, 0.15) is 23.8 Å². The predicted molar refractivity (Wildman–Crippen MR) is 106 cm³/mol. The summed E-state index contributed by atoms with van der Waals surface area (Å²) in [6.45, 7) is 2.75. The van der Waals surface area contributed by atoms with E-state index in [1.165, 1.54) is 11.1 Å². The third-order valence-corrected chi connectivity index (χ3v) is 5.47. The van der Waals surface area contributed by atoms with Crippen LogP contribution >= 0.6 is 0 Å². The Balaban J connectivity index is 1.60. The zero-order chi connectivity index (χ0) is 19.0. The van der Waals surface area contributed by atoms with E-state index in [-0.39, 0.29) is 12.1 Å². The normalized spacial score (nSPS) is 22.1. The standard InChI is InChI=1S/C19H27N7O/c1-24(2)19-16-11-25(6-4-13(16)3-5-21-19)17-8-18(23-12-22-17)26-10-15(27)7-14(26)9-20/h3,5,8,12,14-15,27H,4,6-7,9-11,20H2,1-2H3/t14-,15-/m1/s1. The molecule has 0 aromatic carbocycles. The number of pyridine rings is 1. The van der Waals surface area contributed by atoms with Crippen LogP contribution < -0.4 is 20.4 Å². The van der Waals surface area contributed by atoms with Crippen molar-refractivity contribution in [2.75, 3.05) is 48.4 Å². The second kappa shape index (κ2) is 7.28.